The number of hydrogen-bond donors (Lipinski definition) is 4. The van der Waals surface area contributed by atoms with Crippen LogP contribution < -0.4 is 10.9 Å². The van der Waals surface area contributed by atoms with Crippen LogP contribution in [0.25, 0.3) is 10.9 Å². The lowest BCUT2D eigenvalue weighted by Crippen LogP contribution is -2.45. The number of azo groups is 1. The van der Waals surface area contributed by atoms with Crippen molar-refractivity contribution in [3.63, 3.8) is 0 Å². The van der Waals surface area contributed by atoms with E-state index in [2.05, 4.69) is 25.5 Å². The molecule has 3 heterocycles. The Hall–Kier alpha value is -3.50. The zero-order chi connectivity index (χ0) is 24.5. The fourth-order valence-electron chi connectivity index (χ4n) is 4.35. The Labute approximate surface area is 205 Å². The van der Waals surface area contributed by atoms with Gasteiger partial charge in [-0.3, -0.25) is 14.4 Å². The van der Waals surface area contributed by atoms with Crippen molar-refractivity contribution < 1.29 is 14.7 Å². The maximum atomic E-state index is 13.2. The molecule has 2 aromatic heterocycles. The molecule has 2 fully saturated rings. The molecule has 1 aromatic carbocycles. The summed E-state index contributed by atoms with van der Waals surface area (Å²) in [7, 11) is 0. The molecule has 11 heteroatoms. The van der Waals surface area contributed by atoms with Gasteiger partial charge in [0.15, 0.2) is 5.69 Å². The molecule has 2 aliphatic rings. The number of rotatable bonds is 6. The highest BCUT2D eigenvalue weighted by atomic mass is 35.5. The van der Waals surface area contributed by atoms with Gasteiger partial charge in [0.05, 0.1) is 27.9 Å². The fourth-order valence-corrected chi connectivity index (χ4v) is 4.69. The summed E-state index contributed by atoms with van der Waals surface area (Å²) in [6, 6.07) is 7.18. The third kappa shape index (κ3) is 5.13. The standard InChI is InChI=1S/C24H25ClN6O4/c25-21-16(24(35)31-9-7-15(8-10-31)27-14-2-3-14)4-5-17-20(21)22(23(34)28-17)30-29-19(33)11-13-1-6-18(32)26-12-13/h1,4-6,12,14-15,27-28,34H,2-3,7-11H2,(H,26,32). The first-order chi connectivity index (χ1) is 16.9. The summed E-state index contributed by atoms with van der Waals surface area (Å²) in [4.78, 5) is 43.7. The summed E-state index contributed by atoms with van der Waals surface area (Å²) >= 11 is 6.63. The normalized spacial score (nSPS) is 16.9. The summed E-state index contributed by atoms with van der Waals surface area (Å²) < 4.78 is 0. The number of amides is 2. The topological polar surface area (TPSA) is 143 Å². The van der Waals surface area contributed by atoms with E-state index < -0.39 is 5.91 Å². The van der Waals surface area contributed by atoms with Gasteiger partial charge in [0.1, 0.15) is 0 Å². The van der Waals surface area contributed by atoms with E-state index in [1.807, 2.05) is 0 Å². The molecule has 182 valence electrons. The number of fused-ring (bicyclic) bond motifs is 1. The second-order valence-electron chi connectivity index (χ2n) is 9.01. The number of hydrogen-bond acceptors (Lipinski definition) is 6. The Kier molecular flexibility index (Phi) is 6.40. The van der Waals surface area contributed by atoms with Crippen LogP contribution in [-0.4, -0.2) is 57.0 Å². The molecule has 0 radical (unpaired) electrons. The molecule has 35 heavy (non-hydrogen) atoms. The van der Waals surface area contributed by atoms with Crippen LogP contribution in [-0.2, 0) is 11.2 Å². The zero-order valence-electron chi connectivity index (χ0n) is 18.9. The molecular formula is C24H25ClN6O4. The minimum atomic E-state index is -0.572. The van der Waals surface area contributed by atoms with Gasteiger partial charge in [0, 0.05) is 37.4 Å². The quantitative estimate of drug-likeness (QED) is 0.386. The zero-order valence-corrected chi connectivity index (χ0v) is 19.6. The van der Waals surface area contributed by atoms with Gasteiger partial charge in [-0.1, -0.05) is 17.7 Å². The van der Waals surface area contributed by atoms with Crippen molar-refractivity contribution in [2.45, 2.75) is 44.2 Å². The Bertz CT molecular complexity index is 1350. The number of likely N-dealkylation sites (tertiary alicyclic amines) is 1. The number of carbonyl (C=O) groups excluding carboxylic acids is 2. The molecule has 0 unspecified atom stereocenters. The average Bonchev–Trinajstić information content (AvgIpc) is 3.60. The Balaban J connectivity index is 1.34. The minimum absolute atomic E-state index is 0.0122. The van der Waals surface area contributed by atoms with Crippen LogP contribution in [0.4, 0.5) is 5.69 Å². The maximum absolute atomic E-state index is 13.2. The lowest BCUT2D eigenvalue weighted by molar-refractivity contribution is -0.117. The molecule has 0 spiro atoms. The number of pyridine rings is 1. The van der Waals surface area contributed by atoms with E-state index in [-0.39, 0.29) is 34.5 Å². The molecule has 1 aliphatic carbocycles. The highest BCUT2D eigenvalue weighted by molar-refractivity contribution is 6.39. The van der Waals surface area contributed by atoms with Crippen molar-refractivity contribution >= 4 is 40.0 Å². The largest absolute Gasteiger partial charge is 0.493 e. The molecule has 5 rings (SSSR count). The number of piperidine rings is 1. The van der Waals surface area contributed by atoms with Gasteiger partial charge in [0.2, 0.25) is 11.4 Å². The van der Waals surface area contributed by atoms with Gasteiger partial charge in [0.25, 0.3) is 11.8 Å². The second kappa shape index (κ2) is 9.63. The molecule has 10 nitrogen and oxygen atoms in total. The first kappa shape index (κ1) is 23.3. The number of aromatic amines is 2. The summed E-state index contributed by atoms with van der Waals surface area (Å²) in [5.74, 6) is -1.06. The maximum Gasteiger partial charge on any atom is 0.269 e. The minimum Gasteiger partial charge on any atom is -0.493 e. The van der Waals surface area contributed by atoms with Crippen molar-refractivity contribution in [3.8, 4) is 5.88 Å². The van der Waals surface area contributed by atoms with Crippen molar-refractivity contribution in [2.24, 2.45) is 10.2 Å². The summed E-state index contributed by atoms with van der Waals surface area (Å²) in [5, 5.41) is 22.1. The van der Waals surface area contributed by atoms with Crippen LogP contribution in [0.2, 0.25) is 5.02 Å². The number of H-pyrrole nitrogens is 2. The molecular weight excluding hydrogens is 472 g/mol. The van der Waals surface area contributed by atoms with E-state index >= 15 is 0 Å². The van der Waals surface area contributed by atoms with E-state index in [4.69, 9.17) is 11.6 Å². The van der Waals surface area contributed by atoms with Gasteiger partial charge < -0.3 is 25.3 Å². The van der Waals surface area contributed by atoms with Crippen molar-refractivity contribution in [3.05, 3.63) is 57.0 Å². The first-order valence-corrected chi connectivity index (χ1v) is 12.0. The van der Waals surface area contributed by atoms with Gasteiger partial charge in [-0.05, 0) is 43.4 Å². The average molecular weight is 497 g/mol. The van der Waals surface area contributed by atoms with Crippen LogP contribution in [0.5, 0.6) is 5.88 Å². The third-order valence-corrected chi connectivity index (χ3v) is 6.78. The van der Waals surface area contributed by atoms with Gasteiger partial charge in [-0.25, -0.2) is 0 Å². The first-order valence-electron chi connectivity index (χ1n) is 11.6. The molecule has 1 saturated heterocycles. The van der Waals surface area contributed by atoms with E-state index in [0.717, 1.165) is 12.8 Å². The van der Waals surface area contributed by atoms with Gasteiger partial charge in [-0.2, -0.15) is 0 Å². The lowest BCUT2D eigenvalue weighted by atomic mass is 10.0. The predicted octanol–water partition coefficient (Wildman–Crippen LogP) is 3.42. The molecule has 3 aromatic rings. The third-order valence-electron chi connectivity index (χ3n) is 6.38. The molecule has 0 bridgehead atoms. The van der Waals surface area contributed by atoms with E-state index in [1.165, 1.54) is 31.2 Å². The molecule has 2 amide bonds. The Morgan fingerprint density at radius 1 is 1.11 bits per heavy atom. The van der Waals surface area contributed by atoms with E-state index in [0.29, 0.717) is 47.2 Å². The Morgan fingerprint density at radius 2 is 1.86 bits per heavy atom. The van der Waals surface area contributed by atoms with Gasteiger partial charge in [-0.15, -0.1) is 10.2 Å². The van der Waals surface area contributed by atoms with Gasteiger partial charge >= 0.3 is 0 Å². The Morgan fingerprint density at radius 3 is 2.54 bits per heavy atom. The molecule has 0 atom stereocenters. The highest BCUT2D eigenvalue weighted by Crippen LogP contribution is 2.41. The number of halogens is 1. The highest BCUT2D eigenvalue weighted by Gasteiger charge is 2.30. The predicted molar refractivity (Wildman–Crippen MR) is 130 cm³/mol. The van der Waals surface area contributed by atoms with Crippen LogP contribution >= 0.6 is 11.6 Å². The number of carbonyl (C=O) groups is 2. The number of aromatic nitrogens is 2. The van der Waals surface area contributed by atoms with Crippen molar-refractivity contribution in [1.29, 1.82) is 0 Å². The molecule has 1 saturated carbocycles. The van der Waals surface area contributed by atoms with Crippen LogP contribution in [0.15, 0.2) is 45.5 Å². The van der Waals surface area contributed by atoms with Crippen molar-refractivity contribution in [2.75, 3.05) is 13.1 Å². The van der Waals surface area contributed by atoms with Crippen LogP contribution in [0.3, 0.4) is 0 Å². The number of nitrogens with one attached hydrogen (secondary N) is 3. The van der Waals surface area contributed by atoms with E-state index in [1.54, 1.807) is 17.0 Å². The van der Waals surface area contributed by atoms with Crippen molar-refractivity contribution in [1.82, 2.24) is 20.2 Å². The summed E-state index contributed by atoms with van der Waals surface area (Å²) in [5.41, 5.74) is 1.06. The van der Waals surface area contributed by atoms with Crippen LogP contribution in [0.1, 0.15) is 41.6 Å². The SMILES string of the molecule is O=C(Cc1ccc(=O)[nH]c1)N=Nc1c(O)[nH]c2ccc(C(=O)N3CCC(NC4CC4)CC3)c(Cl)c12. The number of aromatic hydroxyl groups is 1. The molecule has 1 aliphatic heterocycles. The lowest BCUT2D eigenvalue weighted by Gasteiger charge is -2.32. The summed E-state index contributed by atoms with van der Waals surface area (Å²) in [6.45, 7) is 1.28. The van der Waals surface area contributed by atoms with Crippen LogP contribution in [0, 0.1) is 0 Å². The monoisotopic (exact) mass is 496 g/mol. The van der Waals surface area contributed by atoms with E-state index in [9.17, 15) is 19.5 Å². The smallest absolute Gasteiger partial charge is 0.269 e. The fraction of sp³-hybridized carbons (Fsp3) is 0.375. The number of nitrogens with zero attached hydrogens (tertiary/aromatic N) is 3. The number of benzene rings is 1. The molecule has 4 N–H and O–H groups in total. The second-order valence-corrected chi connectivity index (χ2v) is 9.39. The summed E-state index contributed by atoms with van der Waals surface area (Å²) in [6.07, 6.45) is 5.60.